The molecule has 6 nitrogen and oxygen atoms in total. The van der Waals surface area contributed by atoms with E-state index in [9.17, 15) is 0 Å². The third kappa shape index (κ3) is 1.38. The van der Waals surface area contributed by atoms with E-state index in [1.807, 2.05) is 0 Å². The number of rotatable bonds is 1. The lowest BCUT2D eigenvalue weighted by molar-refractivity contribution is -0.880. The number of hydrogen-bond donors (Lipinski definition) is 1. The van der Waals surface area contributed by atoms with Gasteiger partial charge in [-0.15, -0.1) is 5.21 Å². The van der Waals surface area contributed by atoms with Gasteiger partial charge in [0.05, 0.1) is 26.1 Å². The van der Waals surface area contributed by atoms with Gasteiger partial charge in [-0.05, 0) is 0 Å². The zero-order valence-corrected chi connectivity index (χ0v) is 7.06. The van der Waals surface area contributed by atoms with Crippen molar-refractivity contribution in [1.82, 2.24) is 20.6 Å². The lowest BCUT2D eigenvalue weighted by Crippen LogP contribution is -3.12. The molecule has 0 bridgehead atoms. The molecule has 1 fully saturated rings. The Balaban J connectivity index is 1.99. The fourth-order valence-electron chi connectivity index (χ4n) is 1.35. The van der Waals surface area contributed by atoms with Crippen molar-refractivity contribution in [2.45, 2.75) is 0 Å². The van der Waals surface area contributed by atoms with Gasteiger partial charge < -0.3 is 9.80 Å². The highest BCUT2D eigenvalue weighted by atomic mass is 15.5. The van der Waals surface area contributed by atoms with Gasteiger partial charge in [-0.3, -0.25) is 5.10 Å². The van der Waals surface area contributed by atoms with Gasteiger partial charge in [0.15, 0.2) is 0 Å². The van der Waals surface area contributed by atoms with Crippen LogP contribution in [0.1, 0.15) is 0 Å². The fraction of sp³-hybridized carbons (Fsp3) is 0.833. The van der Waals surface area contributed by atoms with Crippen molar-refractivity contribution >= 4 is 5.95 Å². The smallest absolute Gasteiger partial charge is 0.0983 e. The molecule has 6 heteroatoms. The van der Waals surface area contributed by atoms with Crippen molar-refractivity contribution in [2.75, 3.05) is 38.1 Å². The molecule has 1 aliphatic heterocycles. The molecule has 0 aliphatic carbocycles. The summed E-state index contributed by atoms with van der Waals surface area (Å²) < 4.78 is 0. The minimum Gasteiger partial charge on any atom is -0.392 e. The summed E-state index contributed by atoms with van der Waals surface area (Å²) in [6, 6.07) is 0. The van der Waals surface area contributed by atoms with Crippen molar-refractivity contribution in [3.8, 4) is 0 Å². The van der Waals surface area contributed by atoms with Crippen LogP contribution in [-0.2, 0) is 0 Å². The molecule has 1 aliphatic rings. The van der Waals surface area contributed by atoms with E-state index in [-0.39, 0.29) is 0 Å². The van der Waals surface area contributed by atoms with Gasteiger partial charge in [-0.2, -0.15) is 5.21 Å². The number of quaternary nitrogens is 1. The van der Waals surface area contributed by atoms with Gasteiger partial charge in [-0.1, -0.05) is 0 Å². The van der Waals surface area contributed by atoms with Gasteiger partial charge in [-0.25, -0.2) is 5.10 Å². The van der Waals surface area contributed by atoms with Gasteiger partial charge in [0.25, 0.3) is 0 Å². The highest BCUT2D eigenvalue weighted by Crippen LogP contribution is 2.00. The monoisotopic (exact) mass is 168 g/mol. The Bertz CT molecular complexity index is 224. The van der Waals surface area contributed by atoms with Crippen molar-refractivity contribution < 1.29 is 4.90 Å². The van der Waals surface area contributed by atoms with Gasteiger partial charge >= 0.3 is 0 Å². The van der Waals surface area contributed by atoms with Crippen molar-refractivity contribution in [3.63, 3.8) is 0 Å². The lowest BCUT2D eigenvalue weighted by Gasteiger charge is -2.32. The Hall–Kier alpha value is -1.17. The van der Waals surface area contributed by atoms with Crippen LogP contribution in [0.15, 0.2) is 0 Å². The fourth-order valence-corrected chi connectivity index (χ4v) is 1.35. The second-order valence-electron chi connectivity index (χ2n) is 3.12. The summed E-state index contributed by atoms with van der Waals surface area (Å²) in [5.41, 5.74) is 0. The molecule has 0 saturated carbocycles. The number of aromatic nitrogens is 4. The molecule has 12 heavy (non-hydrogen) atoms. The summed E-state index contributed by atoms with van der Waals surface area (Å²) in [6.45, 7) is 4.27. The van der Waals surface area contributed by atoms with Gasteiger partial charge in [0, 0.05) is 13.1 Å². The van der Waals surface area contributed by atoms with Crippen LogP contribution in [0, 0.1) is 0 Å². The Kier molecular flexibility index (Phi) is 1.91. The van der Waals surface area contributed by atoms with Crippen LogP contribution in [0.4, 0.5) is 5.95 Å². The quantitative estimate of drug-likeness (QED) is 0.489. The summed E-state index contributed by atoms with van der Waals surface area (Å²) in [7, 11) is 2.19. The predicted molar refractivity (Wildman–Crippen MR) is 42.0 cm³/mol. The molecule has 0 radical (unpaired) electrons. The first-order valence-electron chi connectivity index (χ1n) is 4.11. The summed E-state index contributed by atoms with van der Waals surface area (Å²) in [5, 5.41) is 14.5. The molecule has 1 saturated heterocycles. The number of nitrogens with one attached hydrogen (secondary N) is 1. The topological polar surface area (TPSA) is 60.5 Å². The zero-order valence-electron chi connectivity index (χ0n) is 7.06. The first-order chi connectivity index (χ1) is 5.86. The predicted octanol–water partition coefficient (Wildman–Crippen LogP) is -2.84. The third-order valence-corrected chi connectivity index (χ3v) is 2.21. The number of likely N-dealkylation sites (N-methyl/N-ethyl adjacent to an activating group) is 1. The lowest BCUT2D eigenvalue weighted by atomic mass is 10.3. The summed E-state index contributed by atoms with van der Waals surface area (Å²) in [4.78, 5) is 3.67. The number of hydrogen-bond acceptors (Lipinski definition) is 4. The van der Waals surface area contributed by atoms with Crippen LogP contribution >= 0.6 is 0 Å². The minimum absolute atomic E-state index is 0.669. The van der Waals surface area contributed by atoms with Crippen LogP contribution in [-0.4, -0.2) is 48.8 Å². The van der Waals surface area contributed by atoms with E-state index in [0.717, 1.165) is 26.2 Å². The van der Waals surface area contributed by atoms with Crippen LogP contribution in [0.3, 0.4) is 0 Å². The molecule has 1 aromatic heterocycles. The van der Waals surface area contributed by atoms with Gasteiger partial charge in [0.2, 0.25) is 0 Å². The number of anilines is 1. The van der Waals surface area contributed by atoms with Crippen molar-refractivity contribution in [1.29, 1.82) is 0 Å². The third-order valence-electron chi connectivity index (χ3n) is 2.21. The average Bonchev–Trinajstić information content (AvgIpc) is 2.58. The maximum Gasteiger partial charge on any atom is 0.0983 e. The van der Waals surface area contributed by atoms with Crippen LogP contribution in [0.2, 0.25) is 0 Å². The molecule has 0 unspecified atom stereocenters. The molecular weight excluding hydrogens is 156 g/mol. The standard InChI is InChI=1S/C6H11N6/c1-11-2-4-12(5-3-11)6-7-9-10-8-6/h2-5H2,1H3/q-1/p+1. The van der Waals surface area contributed by atoms with Crippen LogP contribution in [0.25, 0.3) is 0 Å². The minimum atomic E-state index is 0.669. The molecule has 1 N–H and O–H groups in total. The SMILES string of the molecule is C[NH+]1CCN(c2nnn[n-]2)CC1. The molecule has 0 spiro atoms. The first-order valence-corrected chi connectivity index (χ1v) is 4.11. The van der Waals surface area contributed by atoms with E-state index in [1.54, 1.807) is 4.90 Å². The maximum atomic E-state index is 3.81. The molecule has 66 valence electrons. The maximum absolute atomic E-state index is 3.81. The van der Waals surface area contributed by atoms with E-state index in [1.165, 1.54) is 0 Å². The molecule has 0 aromatic carbocycles. The van der Waals surface area contributed by atoms with E-state index in [4.69, 9.17) is 0 Å². The largest absolute Gasteiger partial charge is 0.392 e. The number of tetrazole rings is 1. The molecular formula is C6H12N6. The number of nitrogens with zero attached hydrogens (tertiary/aromatic N) is 5. The van der Waals surface area contributed by atoms with Crippen molar-refractivity contribution in [3.05, 3.63) is 0 Å². The molecule has 2 heterocycles. The molecule has 0 amide bonds. The molecule has 0 atom stereocenters. The molecule has 1 aromatic rings. The Morgan fingerprint density at radius 2 is 2.17 bits per heavy atom. The van der Waals surface area contributed by atoms with E-state index in [2.05, 4.69) is 32.6 Å². The molecule has 2 rings (SSSR count). The first kappa shape index (κ1) is 7.48. The van der Waals surface area contributed by atoms with Crippen molar-refractivity contribution in [2.24, 2.45) is 0 Å². The van der Waals surface area contributed by atoms with Crippen LogP contribution in [0.5, 0.6) is 0 Å². The summed E-state index contributed by atoms with van der Waals surface area (Å²) >= 11 is 0. The number of piperazine rings is 1. The highest BCUT2D eigenvalue weighted by molar-refractivity contribution is 5.25. The van der Waals surface area contributed by atoms with E-state index >= 15 is 0 Å². The second kappa shape index (κ2) is 3.06. The van der Waals surface area contributed by atoms with Gasteiger partial charge in [0.1, 0.15) is 0 Å². The van der Waals surface area contributed by atoms with Crippen LogP contribution < -0.4 is 14.9 Å². The summed E-state index contributed by atoms with van der Waals surface area (Å²) in [5.74, 6) is 0.669. The Morgan fingerprint density at radius 1 is 1.42 bits per heavy atom. The highest BCUT2D eigenvalue weighted by Gasteiger charge is 2.14. The zero-order chi connectivity index (χ0) is 8.39. The Labute approximate surface area is 70.5 Å². The van der Waals surface area contributed by atoms with E-state index < -0.39 is 0 Å². The summed E-state index contributed by atoms with van der Waals surface area (Å²) in [6.07, 6.45) is 0. The van der Waals surface area contributed by atoms with E-state index in [0.29, 0.717) is 5.95 Å². The normalized spacial score (nSPS) is 19.9. The average molecular weight is 168 g/mol. The second-order valence-corrected chi connectivity index (χ2v) is 3.12. The Morgan fingerprint density at radius 3 is 2.75 bits per heavy atom.